The minimum atomic E-state index is -0.139. The van der Waals surface area contributed by atoms with Crippen LogP contribution in [-0.4, -0.2) is 27.2 Å². The van der Waals surface area contributed by atoms with Crippen LogP contribution in [0.4, 0.5) is 5.13 Å². The third-order valence-electron chi connectivity index (χ3n) is 5.03. The van der Waals surface area contributed by atoms with E-state index in [4.69, 9.17) is 10.1 Å². The van der Waals surface area contributed by atoms with Crippen LogP contribution in [0.2, 0.25) is 0 Å². The molecule has 2 aromatic heterocycles. The van der Waals surface area contributed by atoms with Crippen LogP contribution in [0.5, 0.6) is 0 Å². The summed E-state index contributed by atoms with van der Waals surface area (Å²) in [5.41, 5.74) is 2.16. The van der Waals surface area contributed by atoms with Gasteiger partial charge in [0, 0.05) is 12.0 Å². The molecule has 1 aliphatic rings. The number of aromatic nitrogens is 3. The molecule has 2 unspecified atom stereocenters. The Balaban J connectivity index is 1.65. The van der Waals surface area contributed by atoms with Gasteiger partial charge >= 0.3 is 0 Å². The number of nitriles is 1. The number of imidazole rings is 1. The predicted octanol–water partition coefficient (Wildman–Crippen LogP) is 4.36. The molecule has 4 rings (SSSR count). The molecule has 3 aromatic rings. The maximum Gasteiger partial charge on any atom is 0.214 e. The molecule has 2 atom stereocenters. The van der Waals surface area contributed by atoms with Gasteiger partial charge in [0.05, 0.1) is 29.9 Å². The van der Waals surface area contributed by atoms with Crippen molar-refractivity contribution in [2.24, 2.45) is 0 Å². The van der Waals surface area contributed by atoms with Crippen molar-refractivity contribution >= 4 is 21.4 Å². The number of nitrogens with zero attached hydrogens (tertiary/aromatic N) is 5. The summed E-state index contributed by atoms with van der Waals surface area (Å²) < 4.78 is 1.89. The molecule has 5 nitrogen and oxygen atoms in total. The highest BCUT2D eigenvalue weighted by Gasteiger charge is 2.35. The van der Waals surface area contributed by atoms with Crippen molar-refractivity contribution < 1.29 is 0 Å². The SMILES string of the molecule is CC(C)(C)c1cn2nc(N3CCCC3C(C#N)c3ccccc3)sc2n1. The lowest BCUT2D eigenvalue weighted by Gasteiger charge is -2.27. The second-order valence-corrected chi connectivity index (χ2v) is 8.84. The summed E-state index contributed by atoms with van der Waals surface area (Å²) in [5.74, 6) is -0.139. The minimum absolute atomic E-state index is 0.0168. The van der Waals surface area contributed by atoms with Gasteiger partial charge in [-0.2, -0.15) is 5.26 Å². The van der Waals surface area contributed by atoms with E-state index < -0.39 is 0 Å². The maximum atomic E-state index is 9.82. The van der Waals surface area contributed by atoms with Crippen molar-refractivity contribution in [2.75, 3.05) is 11.4 Å². The van der Waals surface area contributed by atoms with Gasteiger partial charge in [-0.3, -0.25) is 0 Å². The number of anilines is 1. The first-order valence-corrected chi connectivity index (χ1v) is 9.87. The summed E-state index contributed by atoms with van der Waals surface area (Å²) in [6.45, 7) is 7.43. The normalized spacial score (nSPS) is 19.0. The third kappa shape index (κ3) is 2.97. The van der Waals surface area contributed by atoms with Crippen molar-refractivity contribution in [2.45, 2.75) is 51.0 Å². The Bertz CT molecular complexity index is 913. The van der Waals surface area contributed by atoms with Gasteiger partial charge in [-0.15, -0.1) is 5.10 Å². The lowest BCUT2D eigenvalue weighted by atomic mass is 9.91. The topological polar surface area (TPSA) is 57.2 Å². The van der Waals surface area contributed by atoms with Gasteiger partial charge in [0.2, 0.25) is 10.1 Å². The van der Waals surface area contributed by atoms with Crippen LogP contribution < -0.4 is 4.90 Å². The highest BCUT2D eigenvalue weighted by atomic mass is 32.1. The van der Waals surface area contributed by atoms with Crippen LogP contribution >= 0.6 is 11.3 Å². The summed E-state index contributed by atoms with van der Waals surface area (Å²) in [4.78, 5) is 7.97. The molecule has 0 saturated carbocycles. The lowest BCUT2D eigenvalue weighted by Crippen LogP contribution is -2.34. The minimum Gasteiger partial charge on any atom is -0.342 e. The number of hydrogen-bond acceptors (Lipinski definition) is 5. The first-order chi connectivity index (χ1) is 12.5. The molecule has 134 valence electrons. The molecular formula is C20H23N5S. The van der Waals surface area contributed by atoms with Gasteiger partial charge in [-0.05, 0) is 18.4 Å². The molecule has 0 radical (unpaired) electrons. The number of fused-ring (bicyclic) bond motifs is 1. The summed E-state index contributed by atoms with van der Waals surface area (Å²) in [5, 5.41) is 15.6. The average molecular weight is 366 g/mol. The molecule has 0 spiro atoms. The molecule has 0 aliphatic carbocycles. The fourth-order valence-corrected chi connectivity index (χ4v) is 4.55. The summed E-state index contributed by atoms with van der Waals surface area (Å²) in [6.07, 6.45) is 4.13. The molecule has 3 heterocycles. The van der Waals surface area contributed by atoms with Crippen molar-refractivity contribution in [3.8, 4) is 6.07 Å². The largest absolute Gasteiger partial charge is 0.342 e. The summed E-state index contributed by atoms with van der Waals surface area (Å²) >= 11 is 1.62. The molecule has 26 heavy (non-hydrogen) atoms. The first-order valence-electron chi connectivity index (χ1n) is 9.05. The smallest absolute Gasteiger partial charge is 0.214 e. The Labute approximate surface area is 157 Å². The van der Waals surface area contributed by atoms with E-state index in [-0.39, 0.29) is 17.4 Å². The van der Waals surface area contributed by atoms with Crippen LogP contribution in [0.1, 0.15) is 50.8 Å². The Morgan fingerprint density at radius 3 is 2.69 bits per heavy atom. The second kappa shape index (κ2) is 6.40. The number of rotatable bonds is 3. The van der Waals surface area contributed by atoms with E-state index in [1.165, 1.54) is 0 Å². The summed E-state index contributed by atoms with van der Waals surface area (Å²) in [6, 6.07) is 12.8. The van der Waals surface area contributed by atoms with Gasteiger partial charge in [-0.25, -0.2) is 9.50 Å². The fraction of sp³-hybridized carbons (Fsp3) is 0.450. The second-order valence-electron chi connectivity index (χ2n) is 7.91. The Hall–Kier alpha value is -2.39. The van der Waals surface area contributed by atoms with Crippen molar-refractivity contribution in [3.05, 3.63) is 47.8 Å². The zero-order chi connectivity index (χ0) is 18.3. The van der Waals surface area contributed by atoms with Crippen molar-refractivity contribution in [3.63, 3.8) is 0 Å². The van der Waals surface area contributed by atoms with Crippen LogP contribution in [-0.2, 0) is 5.41 Å². The van der Waals surface area contributed by atoms with Gasteiger partial charge in [0.1, 0.15) is 0 Å². The quantitative estimate of drug-likeness (QED) is 0.692. The van der Waals surface area contributed by atoms with E-state index in [2.05, 4.69) is 43.9 Å². The lowest BCUT2D eigenvalue weighted by molar-refractivity contribution is 0.572. The van der Waals surface area contributed by atoms with Crippen LogP contribution in [0.3, 0.4) is 0 Å². The van der Waals surface area contributed by atoms with Crippen molar-refractivity contribution in [1.29, 1.82) is 5.26 Å². The highest BCUT2D eigenvalue weighted by molar-refractivity contribution is 7.20. The molecule has 1 saturated heterocycles. The molecule has 1 aromatic carbocycles. The molecule has 6 heteroatoms. The Morgan fingerprint density at radius 2 is 2.04 bits per heavy atom. The molecule has 1 fully saturated rings. The predicted molar refractivity (Wildman–Crippen MR) is 105 cm³/mol. The van der Waals surface area contributed by atoms with Crippen LogP contribution in [0, 0.1) is 11.3 Å². The van der Waals surface area contributed by atoms with E-state index in [1.54, 1.807) is 11.3 Å². The van der Waals surface area contributed by atoms with Crippen molar-refractivity contribution in [1.82, 2.24) is 14.6 Å². The molecule has 0 N–H and O–H groups in total. The average Bonchev–Trinajstić information content (AvgIpc) is 3.29. The van der Waals surface area contributed by atoms with Gasteiger partial charge < -0.3 is 4.90 Å². The van der Waals surface area contributed by atoms with E-state index in [9.17, 15) is 5.26 Å². The van der Waals surface area contributed by atoms with E-state index in [0.717, 1.165) is 40.7 Å². The Morgan fingerprint density at radius 1 is 1.27 bits per heavy atom. The standard InChI is InChI=1S/C20H23N5S/c1-20(2,3)17-13-25-18(22-17)26-19(23-25)24-11-7-10-16(24)15(12-21)14-8-5-4-6-9-14/h4-6,8-9,13,15-16H,7,10-11H2,1-3H3. The third-order valence-corrected chi connectivity index (χ3v) is 5.99. The van der Waals surface area contributed by atoms with Crippen LogP contribution in [0.15, 0.2) is 36.5 Å². The fourth-order valence-electron chi connectivity index (χ4n) is 3.59. The molecular weight excluding hydrogens is 342 g/mol. The van der Waals surface area contributed by atoms with E-state index in [0.29, 0.717) is 0 Å². The van der Waals surface area contributed by atoms with Crippen LogP contribution in [0.25, 0.3) is 4.96 Å². The summed E-state index contributed by atoms with van der Waals surface area (Å²) in [7, 11) is 0. The molecule has 0 bridgehead atoms. The van der Waals surface area contributed by atoms with Gasteiger partial charge in [0.15, 0.2) is 0 Å². The number of benzene rings is 1. The highest BCUT2D eigenvalue weighted by Crippen LogP contribution is 2.37. The monoisotopic (exact) mass is 365 g/mol. The zero-order valence-electron chi connectivity index (χ0n) is 15.4. The number of hydrogen-bond donors (Lipinski definition) is 0. The van der Waals surface area contributed by atoms with E-state index >= 15 is 0 Å². The molecule has 0 amide bonds. The van der Waals surface area contributed by atoms with Gasteiger partial charge in [0.25, 0.3) is 0 Å². The molecule has 1 aliphatic heterocycles. The zero-order valence-corrected chi connectivity index (χ0v) is 16.2. The maximum absolute atomic E-state index is 9.82. The Kier molecular flexibility index (Phi) is 4.20. The van der Waals surface area contributed by atoms with E-state index in [1.807, 2.05) is 28.9 Å². The first kappa shape index (κ1) is 17.0. The van der Waals surface area contributed by atoms with Gasteiger partial charge in [-0.1, -0.05) is 62.4 Å².